The molecule has 29 heavy (non-hydrogen) atoms. The largest absolute Gasteiger partial charge is 0.382 e. The number of benzene rings is 1. The van der Waals surface area contributed by atoms with E-state index >= 15 is 0 Å². The molecule has 0 unspecified atom stereocenters. The van der Waals surface area contributed by atoms with Gasteiger partial charge in [-0.2, -0.15) is 0 Å². The van der Waals surface area contributed by atoms with Gasteiger partial charge >= 0.3 is 0 Å². The van der Waals surface area contributed by atoms with E-state index in [4.69, 9.17) is 4.74 Å². The van der Waals surface area contributed by atoms with Crippen LogP contribution in [0.1, 0.15) is 13.3 Å². The molecule has 7 nitrogen and oxygen atoms in total. The minimum absolute atomic E-state index is 0.101. The molecule has 2 aromatic heterocycles. The van der Waals surface area contributed by atoms with Gasteiger partial charge in [0.05, 0.1) is 11.4 Å². The Bertz CT molecular complexity index is 936. The number of pyridine rings is 1. The van der Waals surface area contributed by atoms with Crippen LogP contribution in [0.25, 0.3) is 11.4 Å². The molecule has 152 valence electrons. The van der Waals surface area contributed by atoms with Gasteiger partial charge in [-0.15, -0.1) is 10.2 Å². The second kappa shape index (κ2) is 11.1. The number of thioether (sulfide) groups is 1. The maximum atomic E-state index is 12.4. The van der Waals surface area contributed by atoms with Crippen LogP contribution in [0.15, 0.2) is 58.4 Å². The van der Waals surface area contributed by atoms with Gasteiger partial charge in [0.1, 0.15) is 0 Å². The smallest absolute Gasteiger partial charge is 0.234 e. The second-order valence-corrected chi connectivity index (χ2v) is 7.86. The molecule has 0 aliphatic heterocycles. The maximum Gasteiger partial charge on any atom is 0.234 e. The number of nitrogens with one attached hydrogen (secondary N) is 1. The normalized spacial score (nSPS) is 10.8. The molecule has 0 saturated heterocycles. The number of hydrogen-bond acceptors (Lipinski definition) is 6. The number of amides is 1. The minimum atomic E-state index is -0.101. The molecule has 1 aromatic carbocycles. The molecule has 3 rings (SSSR count). The van der Waals surface area contributed by atoms with Crippen molar-refractivity contribution in [2.24, 2.45) is 0 Å². The van der Waals surface area contributed by atoms with Crippen molar-refractivity contribution < 1.29 is 9.53 Å². The van der Waals surface area contributed by atoms with Crippen LogP contribution in [0.2, 0.25) is 0 Å². The lowest BCUT2D eigenvalue weighted by molar-refractivity contribution is -0.113. The topological polar surface area (TPSA) is 81.9 Å². The number of carbonyl (C=O) groups is 1. The van der Waals surface area contributed by atoms with Gasteiger partial charge in [0.25, 0.3) is 0 Å². The summed E-state index contributed by atoms with van der Waals surface area (Å²) in [7, 11) is 0. The first-order valence-electron chi connectivity index (χ1n) is 9.27. The molecule has 0 aliphatic carbocycles. The number of nitrogens with zero attached hydrogens (tertiary/aromatic N) is 4. The van der Waals surface area contributed by atoms with Crippen molar-refractivity contribution in [1.29, 1.82) is 0 Å². The SMILES string of the molecule is CCOCCCn1c(SCC(=O)Nc2ccccc2Br)nnc1-c1ccncc1. The zero-order valence-corrected chi connectivity index (χ0v) is 18.4. The Morgan fingerprint density at radius 1 is 1.21 bits per heavy atom. The highest BCUT2D eigenvalue weighted by molar-refractivity contribution is 9.10. The van der Waals surface area contributed by atoms with E-state index in [1.807, 2.05) is 47.9 Å². The highest BCUT2D eigenvalue weighted by atomic mass is 79.9. The van der Waals surface area contributed by atoms with Gasteiger partial charge in [-0.3, -0.25) is 9.78 Å². The van der Waals surface area contributed by atoms with Gasteiger partial charge in [-0.25, -0.2) is 0 Å². The van der Waals surface area contributed by atoms with Gasteiger partial charge in [-0.1, -0.05) is 23.9 Å². The number of ether oxygens (including phenoxy) is 1. The third-order valence-corrected chi connectivity index (χ3v) is 5.67. The van der Waals surface area contributed by atoms with Crippen molar-refractivity contribution in [2.75, 3.05) is 24.3 Å². The standard InChI is InChI=1S/C20H22BrN5O2S/c1-2-28-13-5-12-26-19(15-8-10-22-11-9-15)24-25-20(26)29-14-18(27)23-17-7-4-3-6-16(17)21/h3-4,6-11H,2,5,12-14H2,1H3,(H,23,27). The number of aromatic nitrogens is 4. The van der Waals surface area contributed by atoms with Crippen LogP contribution in [0.4, 0.5) is 5.69 Å². The number of hydrogen-bond donors (Lipinski definition) is 1. The number of rotatable bonds is 10. The molecule has 0 aliphatic rings. The average molecular weight is 476 g/mol. The monoisotopic (exact) mass is 475 g/mol. The summed E-state index contributed by atoms with van der Waals surface area (Å²) in [6.07, 6.45) is 4.29. The average Bonchev–Trinajstić information content (AvgIpc) is 3.15. The summed E-state index contributed by atoms with van der Waals surface area (Å²) in [5.74, 6) is 0.898. The summed E-state index contributed by atoms with van der Waals surface area (Å²) in [6, 6.07) is 11.3. The molecule has 9 heteroatoms. The molecule has 1 N–H and O–H groups in total. The summed E-state index contributed by atoms with van der Waals surface area (Å²) >= 11 is 4.80. The van der Waals surface area contributed by atoms with Gasteiger partial charge in [0.2, 0.25) is 5.91 Å². The second-order valence-electron chi connectivity index (χ2n) is 6.06. The Morgan fingerprint density at radius 3 is 2.76 bits per heavy atom. The van der Waals surface area contributed by atoms with E-state index in [2.05, 4.69) is 36.4 Å². The van der Waals surface area contributed by atoms with Crippen LogP contribution in [-0.4, -0.2) is 44.6 Å². The summed E-state index contributed by atoms with van der Waals surface area (Å²) in [4.78, 5) is 16.4. The third-order valence-electron chi connectivity index (χ3n) is 4.01. The molecule has 0 spiro atoms. The molecule has 3 aromatic rings. The summed E-state index contributed by atoms with van der Waals surface area (Å²) in [5, 5.41) is 12.3. The molecule has 0 fully saturated rings. The quantitative estimate of drug-likeness (QED) is 0.348. The van der Waals surface area contributed by atoms with Crippen LogP contribution in [0.3, 0.4) is 0 Å². The fourth-order valence-electron chi connectivity index (χ4n) is 2.66. The van der Waals surface area contributed by atoms with Crippen molar-refractivity contribution in [3.8, 4) is 11.4 Å². The fourth-order valence-corrected chi connectivity index (χ4v) is 3.81. The molecule has 0 bridgehead atoms. The zero-order chi connectivity index (χ0) is 20.5. The van der Waals surface area contributed by atoms with E-state index in [-0.39, 0.29) is 11.7 Å². The first kappa shape index (κ1) is 21.5. The Hall–Kier alpha value is -2.23. The Kier molecular flexibility index (Phi) is 8.21. The van der Waals surface area contributed by atoms with Crippen LogP contribution in [0, 0.1) is 0 Å². The zero-order valence-electron chi connectivity index (χ0n) is 16.0. The van der Waals surface area contributed by atoms with Gasteiger partial charge < -0.3 is 14.6 Å². The predicted octanol–water partition coefficient (Wildman–Crippen LogP) is 4.26. The van der Waals surface area contributed by atoms with Crippen molar-refractivity contribution >= 4 is 39.3 Å². The first-order chi connectivity index (χ1) is 14.2. The number of anilines is 1. The molecule has 0 saturated carbocycles. The third kappa shape index (κ3) is 6.12. The van der Waals surface area contributed by atoms with E-state index in [0.717, 1.165) is 28.0 Å². The first-order valence-corrected chi connectivity index (χ1v) is 11.1. The maximum absolute atomic E-state index is 12.4. The summed E-state index contributed by atoms with van der Waals surface area (Å²) in [5.41, 5.74) is 1.68. The summed E-state index contributed by atoms with van der Waals surface area (Å²) in [6.45, 7) is 4.04. The minimum Gasteiger partial charge on any atom is -0.382 e. The van der Waals surface area contributed by atoms with Crippen LogP contribution in [-0.2, 0) is 16.1 Å². The van der Waals surface area contributed by atoms with E-state index in [0.29, 0.717) is 24.9 Å². The predicted molar refractivity (Wildman–Crippen MR) is 118 cm³/mol. The summed E-state index contributed by atoms with van der Waals surface area (Å²) < 4.78 is 8.33. The lowest BCUT2D eigenvalue weighted by Crippen LogP contribution is -2.15. The number of carbonyl (C=O) groups excluding carboxylic acids is 1. The van der Waals surface area contributed by atoms with Gasteiger partial charge in [0, 0.05) is 42.2 Å². The van der Waals surface area contributed by atoms with E-state index in [1.54, 1.807) is 12.4 Å². The molecular weight excluding hydrogens is 454 g/mol. The van der Waals surface area contributed by atoms with E-state index in [1.165, 1.54) is 11.8 Å². The fraction of sp³-hybridized carbons (Fsp3) is 0.300. The van der Waals surface area contributed by atoms with E-state index < -0.39 is 0 Å². The lowest BCUT2D eigenvalue weighted by Gasteiger charge is -2.11. The van der Waals surface area contributed by atoms with Crippen LogP contribution >= 0.6 is 27.7 Å². The van der Waals surface area contributed by atoms with Crippen molar-refractivity contribution in [3.63, 3.8) is 0 Å². The molecular formula is C20H22BrN5O2S. The van der Waals surface area contributed by atoms with Crippen LogP contribution in [0.5, 0.6) is 0 Å². The molecule has 2 heterocycles. The number of halogens is 1. The van der Waals surface area contributed by atoms with E-state index in [9.17, 15) is 4.79 Å². The van der Waals surface area contributed by atoms with Crippen LogP contribution < -0.4 is 5.32 Å². The Labute approximate surface area is 182 Å². The van der Waals surface area contributed by atoms with Crippen molar-refractivity contribution in [1.82, 2.24) is 19.7 Å². The Morgan fingerprint density at radius 2 is 2.00 bits per heavy atom. The van der Waals surface area contributed by atoms with Gasteiger partial charge in [-0.05, 0) is 53.5 Å². The Balaban J connectivity index is 1.69. The molecule has 0 atom stereocenters. The lowest BCUT2D eigenvalue weighted by atomic mass is 10.2. The van der Waals surface area contributed by atoms with Crippen molar-refractivity contribution in [2.45, 2.75) is 25.0 Å². The van der Waals surface area contributed by atoms with Crippen molar-refractivity contribution in [3.05, 3.63) is 53.3 Å². The molecule has 0 radical (unpaired) electrons. The number of para-hydroxylation sites is 1. The highest BCUT2D eigenvalue weighted by Gasteiger charge is 2.16. The van der Waals surface area contributed by atoms with Gasteiger partial charge in [0.15, 0.2) is 11.0 Å². The molecule has 1 amide bonds. The highest BCUT2D eigenvalue weighted by Crippen LogP contribution is 2.25.